The van der Waals surface area contributed by atoms with E-state index in [2.05, 4.69) is 45.8 Å². The fourth-order valence-electron chi connectivity index (χ4n) is 4.67. The summed E-state index contributed by atoms with van der Waals surface area (Å²) >= 11 is 0. The van der Waals surface area contributed by atoms with E-state index in [1.54, 1.807) is 0 Å². The molecule has 3 aromatic rings. The summed E-state index contributed by atoms with van der Waals surface area (Å²) in [6, 6.07) is 29.9. The van der Waals surface area contributed by atoms with E-state index in [0.717, 1.165) is 16.7 Å². The van der Waals surface area contributed by atoms with E-state index >= 15 is 0 Å². The Morgan fingerprint density at radius 2 is 1.27 bits per heavy atom. The molecule has 0 saturated heterocycles. The average molecular weight is 618 g/mol. The van der Waals surface area contributed by atoms with Gasteiger partial charge in [0, 0.05) is 6.92 Å². The van der Waals surface area contributed by atoms with Crippen LogP contribution in [-0.4, -0.2) is 45.2 Å². The second-order valence-electron chi connectivity index (χ2n) is 12.8. The van der Waals surface area contributed by atoms with Gasteiger partial charge in [0.15, 0.2) is 8.32 Å². The molecule has 4 atom stereocenters. The predicted octanol–water partition coefficient (Wildman–Crippen LogP) is 7.85. The summed E-state index contributed by atoms with van der Waals surface area (Å²) in [4.78, 5) is 12.5. The van der Waals surface area contributed by atoms with Crippen molar-refractivity contribution in [1.82, 2.24) is 5.32 Å². The highest BCUT2D eigenvalue weighted by atomic mass is 28.4. The molecule has 0 bridgehead atoms. The number of nitrogens with one attached hydrogen (secondary N) is 1. The summed E-state index contributed by atoms with van der Waals surface area (Å²) in [5, 5.41) is 3.08. The summed E-state index contributed by atoms with van der Waals surface area (Å²) in [5.41, 5.74) is 3.16. The van der Waals surface area contributed by atoms with Crippen LogP contribution in [-0.2, 0) is 43.3 Å². The Morgan fingerprint density at radius 1 is 0.795 bits per heavy atom. The molecular weight excluding hydrogens is 566 g/mol. The summed E-state index contributed by atoms with van der Waals surface area (Å²) in [6.07, 6.45) is 0.741. The third-order valence-corrected chi connectivity index (χ3v) is 12.6. The Morgan fingerprint density at radius 3 is 1.73 bits per heavy atom. The van der Waals surface area contributed by atoms with Gasteiger partial charge in [-0.05, 0) is 41.2 Å². The SMILES string of the molecule is C=CC[C@@H](NC(C)=O)[C@@H](O[Si](C)(C)C(C)(C)C)[C@H](OCc1ccccc1)[C@@H](COCc1ccccc1)OCc1ccccc1. The molecule has 0 saturated carbocycles. The van der Waals surface area contributed by atoms with Gasteiger partial charge in [-0.25, -0.2) is 0 Å². The Bertz CT molecular complexity index is 1250. The second-order valence-corrected chi connectivity index (χ2v) is 17.5. The first-order chi connectivity index (χ1) is 21.0. The van der Waals surface area contributed by atoms with Crippen molar-refractivity contribution in [3.05, 3.63) is 120 Å². The highest BCUT2D eigenvalue weighted by Crippen LogP contribution is 2.39. The monoisotopic (exact) mass is 617 g/mol. The van der Waals surface area contributed by atoms with Crippen molar-refractivity contribution in [3.8, 4) is 0 Å². The zero-order valence-corrected chi connectivity index (χ0v) is 28.3. The number of amides is 1. The molecule has 0 heterocycles. The molecule has 0 spiro atoms. The van der Waals surface area contributed by atoms with Crippen molar-refractivity contribution >= 4 is 14.2 Å². The standard InChI is InChI=1S/C37H51NO5Si/c1-8-18-33(38-29(2)39)35(43-44(6,7)37(3,4)5)36(42-27-32-23-16-11-17-24-32)34(41-26-31-21-14-10-15-22-31)28-40-25-30-19-12-9-13-20-30/h8-17,19-24,33-36H,1,18,25-28H2,2-7H3,(H,38,39)/t33-,34-,35-,36-/m1/s1. The minimum absolute atomic E-state index is 0.0750. The van der Waals surface area contributed by atoms with Gasteiger partial charge < -0.3 is 24.0 Å². The smallest absolute Gasteiger partial charge is 0.217 e. The molecule has 44 heavy (non-hydrogen) atoms. The van der Waals surface area contributed by atoms with Crippen molar-refractivity contribution in [2.75, 3.05) is 6.61 Å². The lowest BCUT2D eigenvalue weighted by atomic mass is 9.97. The highest BCUT2D eigenvalue weighted by Gasteiger charge is 2.45. The van der Waals surface area contributed by atoms with Gasteiger partial charge in [-0.2, -0.15) is 0 Å². The largest absolute Gasteiger partial charge is 0.409 e. The van der Waals surface area contributed by atoms with Crippen LogP contribution in [0.25, 0.3) is 0 Å². The van der Waals surface area contributed by atoms with Crippen LogP contribution in [0.4, 0.5) is 0 Å². The maximum atomic E-state index is 12.5. The van der Waals surface area contributed by atoms with Crippen LogP contribution in [0, 0.1) is 0 Å². The third-order valence-electron chi connectivity index (χ3n) is 8.12. The molecule has 3 rings (SSSR count). The van der Waals surface area contributed by atoms with Gasteiger partial charge in [0.25, 0.3) is 0 Å². The molecule has 238 valence electrons. The van der Waals surface area contributed by atoms with Crippen molar-refractivity contribution < 1.29 is 23.4 Å². The van der Waals surface area contributed by atoms with E-state index in [4.69, 9.17) is 18.6 Å². The number of hydrogen-bond acceptors (Lipinski definition) is 5. The predicted molar refractivity (Wildman–Crippen MR) is 181 cm³/mol. The molecule has 0 unspecified atom stereocenters. The van der Waals surface area contributed by atoms with E-state index in [-0.39, 0.29) is 23.6 Å². The lowest BCUT2D eigenvalue weighted by Gasteiger charge is -2.45. The molecule has 0 aliphatic carbocycles. The lowest BCUT2D eigenvalue weighted by Crippen LogP contribution is -2.59. The Kier molecular flexibility index (Phi) is 14.0. The van der Waals surface area contributed by atoms with E-state index in [1.807, 2.05) is 97.1 Å². The lowest BCUT2D eigenvalue weighted by molar-refractivity contribution is -0.156. The van der Waals surface area contributed by atoms with Crippen LogP contribution in [0.15, 0.2) is 104 Å². The van der Waals surface area contributed by atoms with Gasteiger partial charge in [-0.15, -0.1) is 6.58 Å². The second kappa shape index (κ2) is 17.4. The first-order valence-corrected chi connectivity index (χ1v) is 18.4. The fraction of sp³-hybridized carbons (Fsp3) is 0.432. The van der Waals surface area contributed by atoms with Gasteiger partial charge in [0.05, 0.1) is 38.6 Å². The molecule has 7 heteroatoms. The summed E-state index contributed by atoms with van der Waals surface area (Å²) in [6.45, 7) is 18.1. The van der Waals surface area contributed by atoms with Crippen molar-refractivity contribution in [2.45, 2.75) is 96.4 Å². The third kappa shape index (κ3) is 11.5. The van der Waals surface area contributed by atoms with Crippen LogP contribution in [0.2, 0.25) is 18.1 Å². The van der Waals surface area contributed by atoms with Crippen LogP contribution in [0.1, 0.15) is 50.8 Å². The fourth-order valence-corrected chi connectivity index (χ4v) is 6.01. The van der Waals surface area contributed by atoms with Crippen LogP contribution in [0.3, 0.4) is 0 Å². The molecule has 0 aliphatic heterocycles. The first-order valence-electron chi connectivity index (χ1n) is 15.5. The minimum atomic E-state index is -2.36. The molecule has 1 amide bonds. The summed E-state index contributed by atoms with van der Waals surface area (Å²) in [5.74, 6) is -0.135. The Hall–Kier alpha value is -3.07. The van der Waals surface area contributed by atoms with Gasteiger partial charge >= 0.3 is 0 Å². The minimum Gasteiger partial charge on any atom is -0.409 e. The summed E-state index contributed by atoms with van der Waals surface area (Å²) in [7, 11) is -2.36. The molecule has 0 radical (unpaired) electrons. The topological polar surface area (TPSA) is 66.0 Å². The quantitative estimate of drug-likeness (QED) is 0.116. The maximum Gasteiger partial charge on any atom is 0.217 e. The number of hydrogen-bond donors (Lipinski definition) is 1. The van der Waals surface area contributed by atoms with Gasteiger partial charge in [0.1, 0.15) is 12.2 Å². The molecular formula is C37H51NO5Si. The van der Waals surface area contributed by atoms with Crippen molar-refractivity contribution in [2.24, 2.45) is 0 Å². The Labute approximate surface area is 265 Å². The number of carbonyl (C=O) groups excluding carboxylic acids is 1. The van der Waals surface area contributed by atoms with Crippen molar-refractivity contribution in [1.29, 1.82) is 0 Å². The number of carbonyl (C=O) groups is 1. The molecule has 3 aromatic carbocycles. The number of benzene rings is 3. The molecule has 0 aliphatic rings. The number of rotatable bonds is 18. The van der Waals surface area contributed by atoms with Crippen LogP contribution < -0.4 is 5.32 Å². The zero-order chi connectivity index (χ0) is 32.0. The number of ether oxygens (including phenoxy) is 3. The zero-order valence-electron chi connectivity index (χ0n) is 27.3. The first kappa shape index (κ1) is 35.4. The van der Waals surface area contributed by atoms with Crippen LogP contribution >= 0.6 is 0 Å². The highest BCUT2D eigenvalue weighted by molar-refractivity contribution is 6.74. The van der Waals surface area contributed by atoms with E-state index < -0.39 is 26.6 Å². The molecule has 6 nitrogen and oxygen atoms in total. The average Bonchev–Trinajstić information content (AvgIpc) is 2.99. The molecule has 0 fully saturated rings. The molecule has 1 N–H and O–H groups in total. The molecule has 0 aromatic heterocycles. The Balaban J connectivity index is 2.04. The normalized spacial score (nSPS) is 14.8. The van der Waals surface area contributed by atoms with E-state index in [9.17, 15) is 4.79 Å². The van der Waals surface area contributed by atoms with Gasteiger partial charge in [0.2, 0.25) is 5.91 Å². The maximum absolute atomic E-state index is 12.5. The van der Waals surface area contributed by atoms with Gasteiger partial charge in [-0.3, -0.25) is 4.79 Å². The van der Waals surface area contributed by atoms with Crippen LogP contribution in [0.5, 0.6) is 0 Å². The van der Waals surface area contributed by atoms with E-state index in [0.29, 0.717) is 26.2 Å². The summed E-state index contributed by atoms with van der Waals surface area (Å²) < 4.78 is 27.0. The van der Waals surface area contributed by atoms with E-state index in [1.165, 1.54) is 6.92 Å². The van der Waals surface area contributed by atoms with Gasteiger partial charge in [-0.1, -0.05) is 118 Å². The van der Waals surface area contributed by atoms with Crippen molar-refractivity contribution in [3.63, 3.8) is 0 Å².